The molecule has 1 aliphatic heterocycles. The number of halogens is 3. The maximum Gasteiger partial charge on any atom is 0.123 e. The van der Waals surface area contributed by atoms with E-state index in [1.54, 1.807) is 12.1 Å². The van der Waals surface area contributed by atoms with Crippen molar-refractivity contribution < 1.29 is 9.50 Å². The Balaban J connectivity index is 1.83. The van der Waals surface area contributed by atoms with Crippen molar-refractivity contribution in [3.8, 4) is 0 Å². The number of hydrogen-bond acceptors (Lipinski definition) is 2. The monoisotopic (exact) mass is 443 g/mol. The molecule has 0 aromatic heterocycles. The van der Waals surface area contributed by atoms with Crippen molar-refractivity contribution in [1.82, 2.24) is 5.32 Å². The van der Waals surface area contributed by atoms with Gasteiger partial charge in [-0.2, -0.15) is 0 Å². The van der Waals surface area contributed by atoms with Crippen LogP contribution in [0, 0.1) is 17.7 Å². The van der Waals surface area contributed by atoms with Crippen LogP contribution in [0.1, 0.15) is 42.6 Å². The number of hydrogen-bond donors (Lipinski definition) is 2. The highest BCUT2D eigenvalue weighted by Gasteiger charge is 2.52. The van der Waals surface area contributed by atoms with Gasteiger partial charge in [-0.1, -0.05) is 73.4 Å². The lowest BCUT2D eigenvalue weighted by atomic mass is 9.63. The van der Waals surface area contributed by atoms with Gasteiger partial charge in [0.25, 0.3) is 0 Å². The summed E-state index contributed by atoms with van der Waals surface area (Å²) in [5.41, 5.74) is 1.62. The molecule has 0 amide bonds. The smallest absolute Gasteiger partial charge is 0.123 e. The maximum absolute atomic E-state index is 13.6. The van der Waals surface area contributed by atoms with E-state index in [1.807, 2.05) is 62.4 Å². The van der Waals surface area contributed by atoms with E-state index in [1.165, 1.54) is 12.1 Å². The van der Waals surface area contributed by atoms with Crippen molar-refractivity contribution in [3.63, 3.8) is 0 Å². The third-order valence-electron chi connectivity index (χ3n) is 6.51. The van der Waals surface area contributed by atoms with Crippen molar-refractivity contribution in [2.24, 2.45) is 11.8 Å². The van der Waals surface area contributed by atoms with Crippen molar-refractivity contribution >= 4 is 23.2 Å². The molecule has 1 fully saturated rings. The fourth-order valence-corrected chi connectivity index (χ4v) is 5.01. The molecule has 30 heavy (non-hydrogen) atoms. The number of rotatable bonds is 3. The number of nitrogens with one attached hydrogen (secondary N) is 1. The van der Waals surface area contributed by atoms with Crippen LogP contribution >= 0.6 is 23.2 Å². The minimum absolute atomic E-state index is 0.130. The topological polar surface area (TPSA) is 32.3 Å². The van der Waals surface area contributed by atoms with Crippen molar-refractivity contribution in [2.75, 3.05) is 0 Å². The van der Waals surface area contributed by atoms with Gasteiger partial charge in [-0.3, -0.25) is 0 Å². The summed E-state index contributed by atoms with van der Waals surface area (Å²) < 4.78 is 13.6. The number of aliphatic hydroxyl groups is 1. The Labute approximate surface area is 186 Å². The predicted octanol–water partition coefficient (Wildman–Crippen LogP) is 6.68. The first-order chi connectivity index (χ1) is 14.3. The minimum Gasteiger partial charge on any atom is -0.384 e. The molecule has 2 nitrogen and oxygen atoms in total. The number of piperidine rings is 1. The Bertz CT molecular complexity index is 947. The summed E-state index contributed by atoms with van der Waals surface area (Å²) in [5.74, 6) is -0.675. The first kappa shape index (κ1) is 21.3. The molecule has 1 heterocycles. The Kier molecular flexibility index (Phi) is 5.91. The third kappa shape index (κ3) is 3.76. The average Bonchev–Trinajstić information content (AvgIpc) is 2.74. The SMILES string of the molecule is C[C@@H]1[C@@H](c2ccc(Cl)cc2)N[C@H](c2ccc(Cl)cc2)[C@H](C)C1(O)c1ccc(F)cc1. The van der Waals surface area contributed by atoms with Gasteiger partial charge in [0.15, 0.2) is 0 Å². The summed E-state index contributed by atoms with van der Waals surface area (Å²) in [7, 11) is 0. The first-order valence-electron chi connectivity index (χ1n) is 10.1. The van der Waals surface area contributed by atoms with Gasteiger partial charge < -0.3 is 10.4 Å². The molecule has 0 saturated carbocycles. The summed E-state index contributed by atoms with van der Waals surface area (Å²) in [5, 5.41) is 17.2. The molecule has 2 N–H and O–H groups in total. The zero-order valence-corrected chi connectivity index (χ0v) is 18.3. The van der Waals surface area contributed by atoms with E-state index in [2.05, 4.69) is 5.32 Å². The van der Waals surface area contributed by atoms with Gasteiger partial charge >= 0.3 is 0 Å². The van der Waals surface area contributed by atoms with Crippen molar-refractivity contribution in [2.45, 2.75) is 31.5 Å². The summed E-state index contributed by atoms with van der Waals surface area (Å²) in [6.45, 7) is 4.06. The van der Waals surface area contributed by atoms with E-state index < -0.39 is 5.60 Å². The van der Waals surface area contributed by atoms with Gasteiger partial charge in [0.2, 0.25) is 0 Å². The number of benzene rings is 3. The molecular weight excluding hydrogens is 420 g/mol. The lowest BCUT2D eigenvalue weighted by Gasteiger charge is -2.52. The van der Waals surface area contributed by atoms with Crippen LogP contribution in [0.2, 0.25) is 10.0 Å². The van der Waals surface area contributed by atoms with Crippen LogP contribution in [-0.2, 0) is 5.60 Å². The summed E-state index contributed by atoms with van der Waals surface area (Å²) in [6.07, 6.45) is 0. The standard InChI is InChI=1S/C25H24Cl2FNO/c1-15-23(17-3-9-20(26)10-4-17)29-24(18-5-11-21(27)12-6-18)16(2)25(15,30)19-7-13-22(28)14-8-19/h3-16,23-24,29-30H,1-2H3/t15-,16+,23-,24-,25?/m0/s1. The molecule has 0 aliphatic carbocycles. The van der Waals surface area contributed by atoms with Gasteiger partial charge in [-0.25, -0.2) is 4.39 Å². The van der Waals surface area contributed by atoms with Crippen LogP contribution in [0.3, 0.4) is 0 Å². The van der Waals surface area contributed by atoms with Gasteiger partial charge in [0, 0.05) is 34.0 Å². The molecule has 5 atom stereocenters. The van der Waals surface area contributed by atoms with E-state index in [4.69, 9.17) is 23.2 Å². The molecule has 156 valence electrons. The summed E-state index contributed by atoms with van der Waals surface area (Å²) >= 11 is 12.2. The van der Waals surface area contributed by atoms with Gasteiger partial charge in [-0.05, 0) is 53.1 Å². The molecule has 3 aromatic rings. The van der Waals surface area contributed by atoms with Crippen molar-refractivity contribution in [3.05, 3.63) is 105 Å². The lowest BCUT2D eigenvalue weighted by Crippen LogP contribution is -2.55. The Hall–Kier alpha value is -1.91. The lowest BCUT2D eigenvalue weighted by molar-refractivity contribution is -0.118. The molecule has 5 heteroatoms. The van der Waals surface area contributed by atoms with E-state index in [0.29, 0.717) is 15.6 Å². The Morgan fingerprint density at radius 3 is 1.53 bits per heavy atom. The zero-order valence-electron chi connectivity index (χ0n) is 16.8. The minimum atomic E-state index is -1.17. The van der Waals surface area contributed by atoms with Crippen LogP contribution in [0.15, 0.2) is 72.8 Å². The van der Waals surface area contributed by atoms with Crippen LogP contribution in [0.4, 0.5) is 4.39 Å². The largest absolute Gasteiger partial charge is 0.384 e. The molecule has 1 saturated heterocycles. The highest BCUT2D eigenvalue weighted by molar-refractivity contribution is 6.30. The highest BCUT2D eigenvalue weighted by Crippen LogP contribution is 2.52. The third-order valence-corrected chi connectivity index (χ3v) is 7.02. The summed E-state index contributed by atoms with van der Waals surface area (Å²) in [6, 6.07) is 21.3. The molecule has 0 spiro atoms. The van der Waals surface area contributed by atoms with Gasteiger partial charge in [-0.15, -0.1) is 0 Å². The Morgan fingerprint density at radius 2 is 1.13 bits per heavy atom. The Morgan fingerprint density at radius 1 is 0.733 bits per heavy atom. The average molecular weight is 444 g/mol. The fraction of sp³-hybridized carbons (Fsp3) is 0.280. The molecule has 4 rings (SSSR count). The molecule has 0 bridgehead atoms. The van der Waals surface area contributed by atoms with E-state index >= 15 is 0 Å². The van der Waals surface area contributed by atoms with Gasteiger partial charge in [0.05, 0.1) is 5.60 Å². The van der Waals surface area contributed by atoms with E-state index in [-0.39, 0.29) is 29.7 Å². The first-order valence-corrected chi connectivity index (χ1v) is 10.8. The molecule has 3 aromatic carbocycles. The molecule has 1 unspecified atom stereocenters. The summed E-state index contributed by atoms with van der Waals surface area (Å²) in [4.78, 5) is 0. The van der Waals surface area contributed by atoms with E-state index in [0.717, 1.165) is 11.1 Å². The normalized spacial score (nSPS) is 29.0. The van der Waals surface area contributed by atoms with Gasteiger partial charge in [0.1, 0.15) is 5.82 Å². The quantitative estimate of drug-likeness (QED) is 0.473. The second-order valence-electron chi connectivity index (χ2n) is 8.13. The van der Waals surface area contributed by atoms with Crippen LogP contribution < -0.4 is 5.32 Å². The molecular formula is C25H24Cl2FNO. The van der Waals surface area contributed by atoms with Crippen LogP contribution in [-0.4, -0.2) is 5.11 Å². The van der Waals surface area contributed by atoms with E-state index in [9.17, 15) is 9.50 Å². The zero-order chi connectivity index (χ0) is 21.5. The van der Waals surface area contributed by atoms with Crippen LogP contribution in [0.25, 0.3) is 0 Å². The fourth-order valence-electron chi connectivity index (χ4n) is 4.76. The highest BCUT2D eigenvalue weighted by atomic mass is 35.5. The second kappa shape index (κ2) is 8.32. The maximum atomic E-state index is 13.6. The van der Waals surface area contributed by atoms with Crippen LogP contribution in [0.5, 0.6) is 0 Å². The molecule has 0 radical (unpaired) electrons. The predicted molar refractivity (Wildman–Crippen MR) is 120 cm³/mol. The van der Waals surface area contributed by atoms with Crippen molar-refractivity contribution in [1.29, 1.82) is 0 Å². The second-order valence-corrected chi connectivity index (χ2v) is 9.01. The molecule has 1 aliphatic rings.